The smallest absolute Gasteiger partial charge is 0.0660 e. The number of aryl methyl sites for hydroxylation is 2. The number of rotatable bonds is 2. The van der Waals surface area contributed by atoms with Crippen molar-refractivity contribution in [2.75, 3.05) is 5.75 Å². The van der Waals surface area contributed by atoms with E-state index in [-0.39, 0.29) is 5.25 Å². The molecule has 1 heterocycles. The fourth-order valence-corrected chi connectivity index (χ4v) is 6.75. The first kappa shape index (κ1) is 14.0. The summed E-state index contributed by atoms with van der Waals surface area (Å²) in [6, 6.07) is 14.2. The topological polar surface area (TPSA) is 40.5 Å². The Morgan fingerprint density at radius 1 is 1.00 bits per heavy atom. The van der Waals surface area contributed by atoms with Crippen molar-refractivity contribution in [2.24, 2.45) is 0 Å². The van der Waals surface area contributed by atoms with Gasteiger partial charge >= 0.3 is 0 Å². The van der Waals surface area contributed by atoms with Gasteiger partial charge in [0.15, 0.2) is 0 Å². The molecule has 20 heavy (non-hydrogen) atoms. The zero-order valence-corrected chi connectivity index (χ0v) is 13.2. The van der Waals surface area contributed by atoms with Gasteiger partial charge in [-0.2, -0.15) is 10.6 Å². The van der Waals surface area contributed by atoms with Gasteiger partial charge in [0.05, 0.1) is 15.9 Å². The van der Waals surface area contributed by atoms with Crippen molar-refractivity contribution < 1.29 is 9.11 Å². The molecule has 0 aromatic heterocycles. The molecule has 1 aliphatic heterocycles. The SMILES string of the molecule is Cc1ccc(C)c2c1C(Sc1ccccc1)CS2(O)O. The normalized spacial score (nSPS) is 21.5. The summed E-state index contributed by atoms with van der Waals surface area (Å²) in [6.45, 7) is 4.01. The van der Waals surface area contributed by atoms with Crippen LogP contribution in [0.2, 0.25) is 0 Å². The summed E-state index contributed by atoms with van der Waals surface area (Å²) in [5, 5.41) is 0.122. The Kier molecular flexibility index (Phi) is 3.58. The van der Waals surface area contributed by atoms with Crippen molar-refractivity contribution in [1.29, 1.82) is 0 Å². The maximum absolute atomic E-state index is 10.4. The summed E-state index contributed by atoms with van der Waals surface area (Å²) in [5.74, 6) is 0.424. The lowest BCUT2D eigenvalue weighted by molar-refractivity contribution is 0.491. The summed E-state index contributed by atoms with van der Waals surface area (Å²) in [5.41, 5.74) is 3.26. The van der Waals surface area contributed by atoms with Gasteiger partial charge in [-0.15, -0.1) is 11.8 Å². The minimum absolute atomic E-state index is 0.122. The van der Waals surface area contributed by atoms with Crippen molar-refractivity contribution in [3.05, 3.63) is 59.2 Å². The Bertz CT molecular complexity index is 638. The van der Waals surface area contributed by atoms with Crippen molar-refractivity contribution >= 4 is 22.4 Å². The third-order valence-electron chi connectivity index (χ3n) is 3.67. The van der Waals surface area contributed by atoms with Crippen LogP contribution < -0.4 is 0 Å². The largest absolute Gasteiger partial charge is 0.295 e. The van der Waals surface area contributed by atoms with Crippen LogP contribution >= 0.6 is 22.4 Å². The molecule has 1 unspecified atom stereocenters. The second-order valence-corrected chi connectivity index (χ2v) is 8.55. The van der Waals surface area contributed by atoms with Crippen LogP contribution in [0.1, 0.15) is 21.9 Å². The quantitative estimate of drug-likeness (QED) is 0.795. The van der Waals surface area contributed by atoms with Gasteiger partial charge < -0.3 is 0 Å². The Balaban J connectivity index is 2.04. The van der Waals surface area contributed by atoms with E-state index in [0.717, 1.165) is 21.6 Å². The molecule has 0 radical (unpaired) electrons. The van der Waals surface area contributed by atoms with Crippen LogP contribution in [0.3, 0.4) is 0 Å². The van der Waals surface area contributed by atoms with Crippen LogP contribution in [0.5, 0.6) is 0 Å². The molecule has 0 aliphatic carbocycles. The summed E-state index contributed by atoms with van der Waals surface area (Å²) in [4.78, 5) is 1.95. The number of benzene rings is 2. The molecule has 0 saturated carbocycles. The maximum Gasteiger partial charge on any atom is 0.0660 e. The predicted molar refractivity (Wildman–Crippen MR) is 86.9 cm³/mol. The molecular weight excluding hydrogens is 288 g/mol. The highest BCUT2D eigenvalue weighted by Crippen LogP contribution is 2.64. The van der Waals surface area contributed by atoms with Crippen molar-refractivity contribution in [3.63, 3.8) is 0 Å². The van der Waals surface area contributed by atoms with Gasteiger partial charge in [0.2, 0.25) is 0 Å². The molecule has 0 saturated heterocycles. The third kappa shape index (κ3) is 2.37. The zero-order chi connectivity index (χ0) is 14.3. The lowest BCUT2D eigenvalue weighted by Gasteiger charge is -2.29. The lowest BCUT2D eigenvalue weighted by Crippen LogP contribution is -1.99. The Morgan fingerprint density at radius 3 is 2.35 bits per heavy atom. The molecule has 2 aromatic carbocycles. The second kappa shape index (κ2) is 5.11. The van der Waals surface area contributed by atoms with Gasteiger partial charge in [0, 0.05) is 4.90 Å². The summed E-state index contributed by atoms with van der Waals surface area (Å²) >= 11 is 1.72. The fourth-order valence-electron chi connectivity index (χ4n) is 2.78. The van der Waals surface area contributed by atoms with E-state index in [4.69, 9.17) is 0 Å². The van der Waals surface area contributed by atoms with Crippen LogP contribution in [0.15, 0.2) is 52.3 Å². The first-order chi connectivity index (χ1) is 9.49. The summed E-state index contributed by atoms with van der Waals surface area (Å²) in [6.07, 6.45) is 0. The summed E-state index contributed by atoms with van der Waals surface area (Å²) in [7, 11) is -2.65. The van der Waals surface area contributed by atoms with Crippen LogP contribution in [-0.4, -0.2) is 14.9 Å². The van der Waals surface area contributed by atoms with E-state index >= 15 is 0 Å². The van der Waals surface area contributed by atoms with Crippen LogP contribution in [0.25, 0.3) is 0 Å². The second-order valence-electron chi connectivity index (χ2n) is 5.20. The first-order valence-corrected chi connectivity index (χ1v) is 9.16. The molecule has 0 bridgehead atoms. The molecule has 2 N–H and O–H groups in total. The van der Waals surface area contributed by atoms with E-state index in [1.165, 1.54) is 4.90 Å². The number of thioether (sulfide) groups is 1. The van der Waals surface area contributed by atoms with Crippen LogP contribution in [0, 0.1) is 13.8 Å². The van der Waals surface area contributed by atoms with Crippen molar-refractivity contribution in [2.45, 2.75) is 28.9 Å². The standard InChI is InChI=1S/C16H18O2S2/c1-11-8-9-12(2)16-15(11)14(10-20(16,17)18)19-13-6-4-3-5-7-13/h3-9,14,17-18H,10H2,1-2H3. The number of hydrogen-bond donors (Lipinski definition) is 2. The average molecular weight is 306 g/mol. The van der Waals surface area contributed by atoms with E-state index in [1.54, 1.807) is 11.8 Å². The Hall–Kier alpha value is -0.940. The molecule has 2 aromatic rings. The Labute approximate surface area is 125 Å². The minimum Gasteiger partial charge on any atom is -0.295 e. The van der Waals surface area contributed by atoms with Crippen molar-refractivity contribution in [1.82, 2.24) is 0 Å². The monoisotopic (exact) mass is 306 g/mol. The van der Waals surface area contributed by atoms with Crippen LogP contribution in [0.4, 0.5) is 0 Å². The highest BCUT2D eigenvalue weighted by molar-refractivity contribution is 8.25. The summed E-state index contributed by atoms with van der Waals surface area (Å²) < 4.78 is 20.9. The molecule has 106 valence electrons. The maximum atomic E-state index is 10.4. The Morgan fingerprint density at radius 2 is 1.65 bits per heavy atom. The molecule has 1 aliphatic rings. The lowest BCUT2D eigenvalue weighted by atomic mass is 10.0. The van der Waals surface area contributed by atoms with E-state index in [2.05, 4.69) is 25.1 Å². The molecule has 1 atom stereocenters. The van der Waals surface area contributed by atoms with Gasteiger partial charge in [-0.05, 0) is 42.7 Å². The van der Waals surface area contributed by atoms with Gasteiger partial charge in [-0.25, -0.2) is 0 Å². The zero-order valence-electron chi connectivity index (χ0n) is 11.5. The highest BCUT2D eigenvalue weighted by atomic mass is 32.3. The number of hydrogen-bond acceptors (Lipinski definition) is 3. The first-order valence-electron chi connectivity index (χ1n) is 6.57. The van der Waals surface area contributed by atoms with Gasteiger partial charge in [0.25, 0.3) is 0 Å². The van der Waals surface area contributed by atoms with E-state index < -0.39 is 10.6 Å². The average Bonchev–Trinajstić information content (AvgIpc) is 2.67. The van der Waals surface area contributed by atoms with Gasteiger partial charge in [0.1, 0.15) is 0 Å². The molecule has 3 rings (SSSR count). The molecule has 2 nitrogen and oxygen atoms in total. The third-order valence-corrected chi connectivity index (χ3v) is 7.10. The molecule has 4 heteroatoms. The van der Waals surface area contributed by atoms with Crippen molar-refractivity contribution in [3.8, 4) is 0 Å². The fraction of sp³-hybridized carbons (Fsp3) is 0.250. The van der Waals surface area contributed by atoms with E-state index in [0.29, 0.717) is 5.75 Å². The van der Waals surface area contributed by atoms with Gasteiger partial charge in [-0.3, -0.25) is 9.11 Å². The minimum atomic E-state index is -2.65. The number of fused-ring (bicyclic) bond motifs is 1. The molecule has 0 amide bonds. The van der Waals surface area contributed by atoms with E-state index in [1.807, 2.05) is 31.2 Å². The highest BCUT2D eigenvalue weighted by Gasteiger charge is 2.37. The van der Waals surface area contributed by atoms with Crippen LogP contribution in [-0.2, 0) is 0 Å². The van der Waals surface area contributed by atoms with Gasteiger partial charge in [-0.1, -0.05) is 30.3 Å². The molecule has 0 spiro atoms. The van der Waals surface area contributed by atoms with E-state index in [9.17, 15) is 9.11 Å². The molecule has 0 fully saturated rings. The molecular formula is C16H18O2S2. The predicted octanol–water partition coefficient (Wildman–Crippen LogP) is 5.26.